The first-order valence-electron chi connectivity index (χ1n) is 7.00. The van der Waals surface area contributed by atoms with Crippen LogP contribution in [-0.4, -0.2) is 46.7 Å². The van der Waals surface area contributed by atoms with E-state index >= 15 is 0 Å². The summed E-state index contributed by atoms with van der Waals surface area (Å²) in [6, 6.07) is -1.40. The summed E-state index contributed by atoms with van der Waals surface area (Å²) < 4.78 is 36.7. The van der Waals surface area contributed by atoms with Gasteiger partial charge in [0.2, 0.25) is 4.80 Å². The first-order chi connectivity index (χ1) is 11.8. The number of nitrogens with zero attached hydrogens (tertiary/aromatic N) is 5. The topological polar surface area (TPSA) is 139 Å². The average Bonchev–Trinajstić information content (AvgIpc) is 3.06. The minimum absolute atomic E-state index is 0.00877. The van der Waals surface area contributed by atoms with Gasteiger partial charge in [0.15, 0.2) is 0 Å². The van der Waals surface area contributed by atoms with Gasteiger partial charge >= 0.3 is 27.9 Å². The Kier molecular flexibility index (Phi) is 5.63. The second-order valence-electron chi connectivity index (χ2n) is 4.37. The molecule has 0 radical (unpaired) electrons. The normalized spacial score (nSPS) is 12.2. The predicted octanol–water partition coefficient (Wildman–Crippen LogP) is -1.30. The van der Waals surface area contributed by atoms with E-state index in [9.17, 15) is 18.0 Å². The number of carbonyl (C=O) groups excluding carboxylic acids is 1. The Balaban J connectivity index is 2.29. The van der Waals surface area contributed by atoms with E-state index < -0.39 is 21.9 Å². The van der Waals surface area contributed by atoms with Crippen LogP contribution in [0, 0.1) is 0 Å². The fourth-order valence-corrected chi connectivity index (χ4v) is 3.26. The fraction of sp³-hybridized carbons (Fsp3) is 0.455. The molecule has 138 valence electrons. The van der Waals surface area contributed by atoms with Gasteiger partial charge < -0.3 is 9.57 Å². The molecule has 0 aliphatic carbocycles. The van der Waals surface area contributed by atoms with Crippen molar-refractivity contribution in [2.75, 3.05) is 13.2 Å². The summed E-state index contributed by atoms with van der Waals surface area (Å²) >= 11 is 0.988. The largest absolute Gasteiger partial charge is 0.464 e. The maximum absolute atomic E-state index is 12.0. The van der Waals surface area contributed by atoms with Gasteiger partial charge in [0.1, 0.15) is 6.61 Å². The Morgan fingerprint density at radius 3 is 2.76 bits per heavy atom. The van der Waals surface area contributed by atoms with Crippen molar-refractivity contribution in [2.24, 2.45) is 11.4 Å². The van der Waals surface area contributed by atoms with Crippen molar-refractivity contribution in [2.45, 2.75) is 13.8 Å². The van der Waals surface area contributed by atoms with E-state index in [1.165, 1.54) is 13.2 Å². The molecule has 1 N–H and O–H groups in total. The number of rotatable bonds is 6. The monoisotopic (exact) mass is 392 g/mol. The van der Waals surface area contributed by atoms with Gasteiger partial charge in [-0.2, -0.15) is 13.1 Å². The number of aromatic nitrogens is 4. The van der Waals surface area contributed by atoms with Gasteiger partial charge in [-0.1, -0.05) is 0 Å². The van der Waals surface area contributed by atoms with Crippen molar-refractivity contribution >= 4 is 27.6 Å². The quantitative estimate of drug-likeness (QED) is 0.644. The molecule has 2 heterocycles. The van der Waals surface area contributed by atoms with E-state index in [4.69, 9.17) is 9.57 Å². The van der Waals surface area contributed by atoms with E-state index in [1.807, 2.05) is 0 Å². The Morgan fingerprint density at radius 1 is 1.40 bits per heavy atom. The van der Waals surface area contributed by atoms with Crippen molar-refractivity contribution in [3.8, 4) is 6.01 Å². The van der Waals surface area contributed by atoms with Crippen LogP contribution < -0.4 is 24.8 Å². The second-order valence-corrected chi connectivity index (χ2v) is 6.58. The van der Waals surface area contributed by atoms with Crippen LogP contribution in [-0.2, 0) is 17.3 Å². The molecule has 0 saturated carbocycles. The third-order valence-electron chi connectivity index (χ3n) is 2.65. The number of hydrogen-bond donors (Lipinski definition) is 1. The van der Waals surface area contributed by atoms with Crippen molar-refractivity contribution < 1.29 is 22.8 Å². The highest BCUT2D eigenvalue weighted by Crippen LogP contribution is 2.00. The fourth-order valence-electron chi connectivity index (χ4n) is 1.65. The van der Waals surface area contributed by atoms with Gasteiger partial charge in [-0.25, -0.2) is 18.9 Å². The molecule has 2 aromatic rings. The Labute approximate surface area is 146 Å². The van der Waals surface area contributed by atoms with Gasteiger partial charge in [0, 0.05) is 12.4 Å². The Hall–Kier alpha value is -2.61. The molecule has 0 spiro atoms. The lowest BCUT2D eigenvalue weighted by Crippen LogP contribution is -2.40. The van der Waals surface area contributed by atoms with Gasteiger partial charge in [0.25, 0.3) is 0 Å². The lowest BCUT2D eigenvalue weighted by Gasteiger charge is -2.03. The highest BCUT2D eigenvalue weighted by molar-refractivity contribution is 7.88. The molecule has 2 aromatic heterocycles. The maximum atomic E-state index is 12.0. The first-order valence-corrected chi connectivity index (χ1v) is 9.32. The maximum Gasteiger partial charge on any atom is 0.361 e. The summed E-state index contributed by atoms with van der Waals surface area (Å²) in [5.74, 6) is 0. The molecule has 0 aliphatic rings. The Bertz CT molecular complexity index is 981. The van der Waals surface area contributed by atoms with Gasteiger partial charge in [0.05, 0.1) is 12.8 Å². The number of nitrogens with one attached hydrogen (secondary N) is 1. The summed E-state index contributed by atoms with van der Waals surface area (Å²) in [7, 11) is -3.11. The van der Waals surface area contributed by atoms with Crippen molar-refractivity contribution in [3.05, 3.63) is 26.9 Å². The molecule has 0 atom stereocenters. The minimum Gasteiger partial charge on any atom is -0.464 e. The van der Waals surface area contributed by atoms with Crippen LogP contribution in [0.15, 0.2) is 20.8 Å². The highest BCUT2D eigenvalue weighted by Gasteiger charge is 2.21. The van der Waals surface area contributed by atoms with Crippen LogP contribution in [0.2, 0.25) is 0 Å². The van der Waals surface area contributed by atoms with E-state index in [-0.39, 0.29) is 17.4 Å². The predicted molar refractivity (Wildman–Crippen MR) is 86.5 cm³/mol. The summed E-state index contributed by atoms with van der Waals surface area (Å²) in [5.41, 5.74) is -0.864. The number of ether oxygens (including phenoxy) is 1. The summed E-state index contributed by atoms with van der Waals surface area (Å²) in [6.45, 7) is 3.89. The van der Waals surface area contributed by atoms with Gasteiger partial charge in [-0.3, -0.25) is 0 Å². The van der Waals surface area contributed by atoms with E-state index in [0.717, 1.165) is 20.6 Å². The number of carbonyl (C=O) groups is 1. The summed E-state index contributed by atoms with van der Waals surface area (Å²) in [4.78, 5) is 29.1. The Morgan fingerprint density at radius 2 is 2.12 bits per heavy atom. The van der Waals surface area contributed by atoms with Crippen LogP contribution >= 0.6 is 11.3 Å². The van der Waals surface area contributed by atoms with Crippen molar-refractivity contribution in [1.29, 1.82) is 0 Å². The third kappa shape index (κ3) is 4.27. The third-order valence-corrected chi connectivity index (χ3v) is 4.35. The van der Waals surface area contributed by atoms with Crippen molar-refractivity contribution in [1.82, 2.24) is 23.8 Å². The van der Waals surface area contributed by atoms with Crippen LogP contribution in [0.4, 0.5) is 4.79 Å². The van der Waals surface area contributed by atoms with Crippen molar-refractivity contribution in [3.63, 3.8) is 0 Å². The van der Waals surface area contributed by atoms with Crippen LogP contribution in [0.1, 0.15) is 13.8 Å². The zero-order valence-electron chi connectivity index (χ0n) is 13.6. The molecule has 0 unspecified atom stereocenters. The molecular formula is C11H16N6O6S2. The molecule has 25 heavy (non-hydrogen) atoms. The summed E-state index contributed by atoms with van der Waals surface area (Å²) in [6.07, 6.45) is 1.47. The molecule has 0 aromatic carbocycles. The zero-order chi connectivity index (χ0) is 18.6. The second kappa shape index (κ2) is 7.52. The number of hydrogen-bond acceptors (Lipinski definition) is 8. The summed E-state index contributed by atoms with van der Waals surface area (Å²) in [5, 5.41) is 5.19. The van der Waals surface area contributed by atoms with E-state index in [0.29, 0.717) is 11.3 Å². The molecule has 1 amide bonds. The SMILES string of the molecule is CCOc1nn(C(=O)NS(=O)(=O)/N=c2\sccn2OCC)c(=O)n1C. The van der Waals surface area contributed by atoms with Gasteiger partial charge in [-0.15, -0.1) is 25.5 Å². The standard InChI is InChI=1S/C11H16N6O6S2/c1-4-22-9-12-17(11(19)15(9)3)8(18)13-25(20,21)14-10-16(23-5-2)6-7-24-10/h6-7H,4-5H2,1-3H3,(H,13,18)/b14-10-. The van der Waals surface area contributed by atoms with Crippen LogP contribution in [0.25, 0.3) is 0 Å². The molecule has 0 aliphatic heterocycles. The molecule has 0 bridgehead atoms. The first kappa shape index (κ1) is 18.7. The smallest absolute Gasteiger partial charge is 0.361 e. The molecule has 14 heteroatoms. The van der Waals surface area contributed by atoms with Crippen LogP contribution in [0.5, 0.6) is 6.01 Å². The molecule has 0 fully saturated rings. The van der Waals surface area contributed by atoms with Gasteiger partial charge in [-0.05, 0) is 13.8 Å². The van der Waals surface area contributed by atoms with E-state index in [1.54, 1.807) is 23.9 Å². The van der Waals surface area contributed by atoms with Crippen LogP contribution in [0.3, 0.4) is 0 Å². The lowest BCUT2D eigenvalue weighted by atomic mass is 10.8. The molecule has 2 rings (SSSR count). The zero-order valence-corrected chi connectivity index (χ0v) is 15.2. The molecule has 12 nitrogen and oxygen atoms in total. The number of amides is 1. The molecular weight excluding hydrogens is 376 g/mol. The minimum atomic E-state index is -4.44. The molecule has 0 saturated heterocycles. The number of thiazole rings is 1. The average molecular weight is 392 g/mol. The lowest BCUT2D eigenvalue weighted by molar-refractivity contribution is 0.116. The van der Waals surface area contributed by atoms with E-state index in [2.05, 4.69) is 9.50 Å². The highest BCUT2D eigenvalue weighted by atomic mass is 32.2.